The topological polar surface area (TPSA) is 0 Å². The van der Waals surface area contributed by atoms with Gasteiger partial charge in [-0.25, -0.2) is 0 Å². The molecule has 0 N–H and O–H groups in total. The van der Waals surface area contributed by atoms with Crippen molar-refractivity contribution in [1.29, 1.82) is 0 Å². The average Bonchev–Trinajstić information content (AvgIpc) is 2.96. The minimum atomic E-state index is -0.00611. The minimum absolute atomic E-state index is 0.00611. The van der Waals surface area contributed by atoms with E-state index in [4.69, 9.17) is 0 Å². The lowest BCUT2D eigenvalue weighted by Crippen LogP contribution is -2.46. The molecule has 0 spiro atoms. The molecule has 0 heterocycles. The minimum Gasteiger partial charge on any atom is -0.137 e. The summed E-state index contributed by atoms with van der Waals surface area (Å²) in [5, 5.41) is 0. The van der Waals surface area contributed by atoms with Crippen LogP contribution in [0.3, 0.4) is 0 Å². The summed E-state index contributed by atoms with van der Waals surface area (Å²) in [6.45, 7) is 26.5. The Bertz CT molecular complexity index is 1790. The zero-order valence-electron chi connectivity index (χ0n) is 31.1. The maximum Gasteiger partial charge on any atom is 0.297 e. The fourth-order valence-electron chi connectivity index (χ4n) is 8.11. The molecule has 238 valence electrons. The molecule has 0 saturated heterocycles. The summed E-state index contributed by atoms with van der Waals surface area (Å²) < 4.78 is 0. The number of benzene rings is 5. The molecule has 0 radical (unpaired) electrons. The van der Waals surface area contributed by atoms with Crippen molar-refractivity contribution in [3.63, 3.8) is 0 Å². The van der Waals surface area contributed by atoms with Gasteiger partial charge in [0.1, 0.15) is 0 Å². The summed E-state index contributed by atoms with van der Waals surface area (Å²) in [5.74, 6) is 14.6. The molecule has 48 heavy (non-hydrogen) atoms. The highest BCUT2D eigenvalue weighted by Gasteiger charge is 2.26. The SMILES string of the molecule is Cc1cc(C)c(B(C#Cc2ccc(C#CB(c3c(C)cc(C)cc3C)c3c(C)cc(C)cc3C)cc2)c2c(C)cc(C)cc2C)c(C)c1. The van der Waals surface area contributed by atoms with E-state index in [1.54, 1.807) is 0 Å². The number of hydrogen-bond donors (Lipinski definition) is 0. The molecule has 0 unspecified atom stereocenters. The van der Waals surface area contributed by atoms with Gasteiger partial charge in [-0.15, -0.1) is 11.6 Å². The Balaban J connectivity index is 1.56. The van der Waals surface area contributed by atoms with Crippen LogP contribution in [0.25, 0.3) is 0 Å². The van der Waals surface area contributed by atoms with E-state index in [1.807, 2.05) is 0 Å². The first kappa shape index (κ1) is 34.7. The lowest BCUT2D eigenvalue weighted by molar-refractivity contribution is 1.34. The Morgan fingerprint density at radius 3 is 0.688 bits per heavy atom. The lowest BCUT2D eigenvalue weighted by atomic mass is 9.38. The van der Waals surface area contributed by atoms with Gasteiger partial charge in [0.25, 0.3) is 13.4 Å². The van der Waals surface area contributed by atoms with Crippen LogP contribution < -0.4 is 21.9 Å². The molecule has 0 saturated carbocycles. The van der Waals surface area contributed by atoms with Crippen LogP contribution in [0.5, 0.6) is 0 Å². The summed E-state index contributed by atoms with van der Waals surface area (Å²) in [6, 6.07) is 26.8. The second-order valence-corrected chi connectivity index (χ2v) is 14.2. The second-order valence-electron chi connectivity index (χ2n) is 14.2. The van der Waals surface area contributed by atoms with Crippen LogP contribution in [0.4, 0.5) is 0 Å². The predicted octanol–water partition coefficient (Wildman–Crippen LogP) is 7.79. The van der Waals surface area contributed by atoms with E-state index in [2.05, 4.69) is 179 Å². The Morgan fingerprint density at radius 2 is 0.500 bits per heavy atom. The molecular weight excluding hydrogens is 574 g/mol. The summed E-state index contributed by atoms with van der Waals surface area (Å²) in [5.41, 5.74) is 22.8. The normalized spacial score (nSPS) is 10.6. The first-order chi connectivity index (χ1) is 22.7. The van der Waals surface area contributed by atoms with Gasteiger partial charge >= 0.3 is 0 Å². The molecule has 0 bridgehead atoms. The van der Waals surface area contributed by atoms with Crippen LogP contribution in [-0.4, -0.2) is 13.4 Å². The smallest absolute Gasteiger partial charge is 0.137 e. The molecule has 0 aliphatic heterocycles. The van der Waals surface area contributed by atoms with E-state index in [0.29, 0.717) is 0 Å². The fourth-order valence-corrected chi connectivity index (χ4v) is 8.11. The maximum absolute atomic E-state index is 3.73. The maximum atomic E-state index is 3.73. The summed E-state index contributed by atoms with van der Waals surface area (Å²) in [7, 11) is 0. The zero-order chi connectivity index (χ0) is 34.9. The quantitative estimate of drug-likeness (QED) is 0.142. The molecule has 5 aromatic carbocycles. The van der Waals surface area contributed by atoms with Gasteiger partial charge in [0.05, 0.1) is 0 Å². The monoisotopic (exact) mass is 622 g/mol. The average molecular weight is 623 g/mol. The molecule has 5 rings (SSSR count). The molecular formula is C46H48B2. The molecule has 0 aliphatic rings. The zero-order valence-corrected chi connectivity index (χ0v) is 31.1. The number of aryl methyl sites for hydroxylation is 12. The molecule has 0 aliphatic carbocycles. The van der Waals surface area contributed by atoms with Crippen molar-refractivity contribution in [2.45, 2.75) is 83.1 Å². The van der Waals surface area contributed by atoms with Gasteiger partial charge in [-0.05, 0) is 107 Å². The fraction of sp³-hybridized carbons (Fsp3) is 0.261. The van der Waals surface area contributed by atoms with Crippen molar-refractivity contribution in [3.05, 3.63) is 151 Å². The number of hydrogen-bond acceptors (Lipinski definition) is 0. The van der Waals surface area contributed by atoms with Gasteiger partial charge in [-0.1, -0.05) is 149 Å². The standard InChI is InChI=1S/C46H48B2/c1-29-21-33(5)43(34(6)22-29)47(44-35(7)23-30(2)24-36(44)8)19-17-41-13-15-42(16-14-41)18-20-48(45-37(9)25-31(3)26-38(45)10)46-39(11)27-32(4)28-40(46)12/h13-16,21-28H,1-12H3. The van der Waals surface area contributed by atoms with E-state index in [9.17, 15) is 0 Å². The Hall–Kier alpha value is -4.65. The summed E-state index contributed by atoms with van der Waals surface area (Å²) >= 11 is 0. The molecule has 0 amide bonds. The highest BCUT2D eigenvalue weighted by molar-refractivity contribution is 6.93. The molecule has 0 aromatic heterocycles. The van der Waals surface area contributed by atoms with E-state index in [0.717, 1.165) is 11.1 Å². The second kappa shape index (κ2) is 14.2. The van der Waals surface area contributed by atoms with Gasteiger partial charge in [0.15, 0.2) is 0 Å². The first-order valence-corrected chi connectivity index (χ1v) is 17.2. The van der Waals surface area contributed by atoms with Gasteiger partial charge in [0.2, 0.25) is 0 Å². The molecule has 5 aromatic rings. The Kier molecular flexibility index (Phi) is 10.3. The number of rotatable bonds is 4. The van der Waals surface area contributed by atoms with E-state index in [1.165, 1.54) is 88.6 Å². The van der Waals surface area contributed by atoms with Crippen molar-refractivity contribution in [2.24, 2.45) is 0 Å². The van der Waals surface area contributed by atoms with E-state index >= 15 is 0 Å². The summed E-state index contributed by atoms with van der Waals surface area (Å²) in [6.07, 6.45) is 0. The molecule has 0 atom stereocenters. The Morgan fingerprint density at radius 1 is 0.312 bits per heavy atom. The first-order valence-electron chi connectivity index (χ1n) is 17.2. The van der Waals surface area contributed by atoms with Crippen molar-refractivity contribution >= 4 is 35.3 Å². The van der Waals surface area contributed by atoms with Crippen LogP contribution in [-0.2, 0) is 0 Å². The summed E-state index contributed by atoms with van der Waals surface area (Å²) in [4.78, 5) is 0. The highest BCUT2D eigenvalue weighted by Crippen LogP contribution is 2.15. The van der Waals surface area contributed by atoms with Gasteiger partial charge in [-0.2, -0.15) is 0 Å². The van der Waals surface area contributed by atoms with Crippen LogP contribution in [0.2, 0.25) is 0 Å². The van der Waals surface area contributed by atoms with Gasteiger partial charge < -0.3 is 0 Å². The van der Waals surface area contributed by atoms with Crippen LogP contribution >= 0.6 is 0 Å². The largest absolute Gasteiger partial charge is 0.297 e. The van der Waals surface area contributed by atoms with Crippen molar-refractivity contribution < 1.29 is 0 Å². The van der Waals surface area contributed by atoms with Gasteiger partial charge in [0, 0.05) is 11.1 Å². The molecule has 2 heteroatoms. The van der Waals surface area contributed by atoms with Crippen molar-refractivity contribution in [2.75, 3.05) is 0 Å². The lowest BCUT2D eigenvalue weighted by Gasteiger charge is -2.20. The van der Waals surface area contributed by atoms with Crippen molar-refractivity contribution in [3.8, 4) is 23.5 Å². The van der Waals surface area contributed by atoms with E-state index in [-0.39, 0.29) is 13.4 Å². The predicted molar refractivity (Wildman–Crippen MR) is 213 cm³/mol. The third kappa shape index (κ3) is 7.40. The Labute approximate surface area is 291 Å². The van der Waals surface area contributed by atoms with Crippen LogP contribution in [0.1, 0.15) is 77.9 Å². The third-order valence-electron chi connectivity index (χ3n) is 9.71. The van der Waals surface area contributed by atoms with Gasteiger partial charge in [-0.3, -0.25) is 0 Å². The van der Waals surface area contributed by atoms with Crippen LogP contribution in [0.15, 0.2) is 72.8 Å². The van der Waals surface area contributed by atoms with Crippen LogP contribution in [0, 0.1) is 107 Å². The van der Waals surface area contributed by atoms with E-state index < -0.39 is 0 Å². The third-order valence-corrected chi connectivity index (χ3v) is 9.71. The molecule has 0 fully saturated rings. The molecule has 0 nitrogen and oxygen atoms in total. The van der Waals surface area contributed by atoms with Crippen molar-refractivity contribution in [1.82, 2.24) is 0 Å². The highest BCUT2D eigenvalue weighted by atomic mass is 14.1.